The molecule has 6 nitrogen and oxygen atoms in total. The molecule has 2 aliphatic rings. The maximum absolute atomic E-state index is 13.2. The number of hydrogen-bond acceptors (Lipinski definition) is 5. The fourth-order valence-corrected chi connectivity index (χ4v) is 4.62. The lowest BCUT2D eigenvalue weighted by molar-refractivity contribution is 0.0534. The summed E-state index contributed by atoms with van der Waals surface area (Å²) in [7, 11) is 2.18. The van der Waals surface area contributed by atoms with Crippen LogP contribution < -0.4 is 5.32 Å². The molecule has 0 bridgehead atoms. The first-order chi connectivity index (χ1) is 13.6. The molecular formula is C22H29N5O. The molecule has 1 spiro atoms. The third-order valence-electron chi connectivity index (χ3n) is 5.96. The van der Waals surface area contributed by atoms with E-state index in [0.717, 1.165) is 56.1 Å². The van der Waals surface area contributed by atoms with Crippen LogP contribution in [0.1, 0.15) is 36.5 Å². The third kappa shape index (κ3) is 3.87. The van der Waals surface area contributed by atoms with Gasteiger partial charge in [0.1, 0.15) is 5.82 Å². The maximum atomic E-state index is 13.2. The number of amides is 1. The van der Waals surface area contributed by atoms with Crippen molar-refractivity contribution < 1.29 is 4.79 Å². The molecule has 1 atom stereocenters. The van der Waals surface area contributed by atoms with Gasteiger partial charge in [-0.2, -0.15) is 0 Å². The van der Waals surface area contributed by atoms with Gasteiger partial charge in [0.15, 0.2) is 5.82 Å². The van der Waals surface area contributed by atoms with E-state index in [1.165, 1.54) is 12.8 Å². The molecule has 6 heteroatoms. The molecule has 1 aromatic heterocycles. The Morgan fingerprint density at radius 1 is 1.21 bits per heavy atom. The number of likely N-dealkylation sites (tertiary alicyclic amines) is 2. The van der Waals surface area contributed by atoms with Crippen LogP contribution in [0, 0.1) is 5.41 Å². The third-order valence-corrected chi connectivity index (χ3v) is 5.96. The van der Waals surface area contributed by atoms with E-state index < -0.39 is 0 Å². The van der Waals surface area contributed by atoms with Crippen molar-refractivity contribution in [3.8, 4) is 11.4 Å². The van der Waals surface area contributed by atoms with E-state index in [4.69, 9.17) is 0 Å². The average molecular weight is 380 g/mol. The summed E-state index contributed by atoms with van der Waals surface area (Å²) in [6.45, 7) is 6.79. The number of carbonyl (C=O) groups is 1. The lowest BCUT2D eigenvalue weighted by Gasteiger charge is -2.40. The molecule has 0 unspecified atom stereocenters. The van der Waals surface area contributed by atoms with E-state index in [9.17, 15) is 4.79 Å². The van der Waals surface area contributed by atoms with Gasteiger partial charge in [0, 0.05) is 48.9 Å². The van der Waals surface area contributed by atoms with Gasteiger partial charge in [-0.05, 0) is 58.0 Å². The molecule has 1 N–H and O–H groups in total. The number of rotatable bonds is 4. The fraction of sp³-hybridized carbons (Fsp3) is 0.500. The highest BCUT2D eigenvalue weighted by atomic mass is 16.2. The smallest absolute Gasteiger partial charge is 0.253 e. The first-order valence-corrected chi connectivity index (χ1v) is 10.2. The van der Waals surface area contributed by atoms with Gasteiger partial charge in [-0.15, -0.1) is 0 Å². The topological polar surface area (TPSA) is 61.4 Å². The second-order valence-corrected chi connectivity index (χ2v) is 8.19. The number of hydrogen-bond donors (Lipinski definition) is 1. The molecule has 4 rings (SSSR count). The standard InChI is InChI=1S/C22H29N5O/c1-3-23-19-8-11-24-20(25-19)17-6-4-7-18(14-17)21(28)27-12-5-9-22(16-27)10-13-26(2)15-22/h4,6-8,11,14H,3,5,9-10,12-13,15-16H2,1-2H3,(H,23,24,25)/t22-/m0/s1. The van der Waals surface area contributed by atoms with Crippen LogP contribution in [0.15, 0.2) is 36.5 Å². The second kappa shape index (κ2) is 7.87. The average Bonchev–Trinajstić information content (AvgIpc) is 3.07. The Morgan fingerprint density at radius 2 is 2.11 bits per heavy atom. The van der Waals surface area contributed by atoms with Crippen LogP contribution >= 0.6 is 0 Å². The van der Waals surface area contributed by atoms with E-state index in [2.05, 4.69) is 32.1 Å². The molecule has 3 heterocycles. The molecule has 2 saturated heterocycles. The van der Waals surface area contributed by atoms with E-state index in [1.807, 2.05) is 37.3 Å². The summed E-state index contributed by atoms with van der Waals surface area (Å²) in [5.41, 5.74) is 1.88. The molecule has 2 aromatic rings. The summed E-state index contributed by atoms with van der Waals surface area (Å²) in [6, 6.07) is 9.58. The van der Waals surface area contributed by atoms with Crippen molar-refractivity contribution in [3.63, 3.8) is 0 Å². The molecule has 2 aliphatic heterocycles. The van der Waals surface area contributed by atoms with Gasteiger partial charge in [-0.1, -0.05) is 12.1 Å². The molecule has 0 aliphatic carbocycles. The van der Waals surface area contributed by atoms with Gasteiger partial charge >= 0.3 is 0 Å². The van der Waals surface area contributed by atoms with Crippen LogP contribution in [0.4, 0.5) is 5.82 Å². The zero-order chi connectivity index (χ0) is 19.6. The zero-order valence-electron chi connectivity index (χ0n) is 16.8. The summed E-state index contributed by atoms with van der Waals surface area (Å²) >= 11 is 0. The lowest BCUT2D eigenvalue weighted by Crippen LogP contribution is -2.47. The van der Waals surface area contributed by atoms with Crippen molar-refractivity contribution in [3.05, 3.63) is 42.1 Å². The van der Waals surface area contributed by atoms with Crippen molar-refractivity contribution in [2.75, 3.05) is 45.1 Å². The summed E-state index contributed by atoms with van der Waals surface area (Å²) in [5.74, 6) is 1.56. The van der Waals surface area contributed by atoms with Crippen molar-refractivity contribution in [2.24, 2.45) is 5.41 Å². The van der Waals surface area contributed by atoms with Gasteiger partial charge in [-0.25, -0.2) is 9.97 Å². The lowest BCUT2D eigenvalue weighted by atomic mass is 9.79. The number of piperidine rings is 1. The van der Waals surface area contributed by atoms with Crippen LogP contribution in [0.5, 0.6) is 0 Å². The molecule has 1 aromatic carbocycles. The normalized spacial score (nSPS) is 22.6. The predicted molar refractivity (Wildman–Crippen MR) is 111 cm³/mol. The number of carbonyl (C=O) groups excluding carboxylic acids is 1. The minimum Gasteiger partial charge on any atom is -0.370 e. The summed E-state index contributed by atoms with van der Waals surface area (Å²) in [4.78, 5) is 26.6. The fourth-order valence-electron chi connectivity index (χ4n) is 4.62. The van der Waals surface area contributed by atoms with Crippen LogP contribution in [-0.4, -0.2) is 65.4 Å². The molecule has 148 valence electrons. The first kappa shape index (κ1) is 18.9. The van der Waals surface area contributed by atoms with E-state index >= 15 is 0 Å². The van der Waals surface area contributed by atoms with Crippen molar-refractivity contribution in [2.45, 2.75) is 26.2 Å². The van der Waals surface area contributed by atoms with E-state index in [1.54, 1.807) is 6.20 Å². The maximum Gasteiger partial charge on any atom is 0.253 e. The van der Waals surface area contributed by atoms with Gasteiger partial charge in [-0.3, -0.25) is 4.79 Å². The molecule has 0 radical (unpaired) electrons. The van der Waals surface area contributed by atoms with Gasteiger partial charge in [0.25, 0.3) is 5.91 Å². The number of nitrogens with zero attached hydrogens (tertiary/aromatic N) is 4. The van der Waals surface area contributed by atoms with Crippen LogP contribution in [-0.2, 0) is 0 Å². The van der Waals surface area contributed by atoms with Crippen molar-refractivity contribution >= 4 is 11.7 Å². The number of benzene rings is 1. The van der Waals surface area contributed by atoms with Gasteiger partial charge < -0.3 is 15.1 Å². The largest absolute Gasteiger partial charge is 0.370 e. The van der Waals surface area contributed by atoms with Crippen LogP contribution in [0.2, 0.25) is 0 Å². The Kier molecular flexibility index (Phi) is 5.31. The summed E-state index contributed by atoms with van der Waals surface area (Å²) < 4.78 is 0. The predicted octanol–water partition coefficient (Wildman–Crippen LogP) is 3.13. The highest BCUT2D eigenvalue weighted by molar-refractivity contribution is 5.95. The van der Waals surface area contributed by atoms with Crippen molar-refractivity contribution in [1.82, 2.24) is 19.8 Å². The zero-order valence-corrected chi connectivity index (χ0v) is 16.8. The SMILES string of the molecule is CCNc1ccnc(-c2cccc(C(=O)N3CCC[C@@]4(CCN(C)C4)C3)c2)n1. The minimum atomic E-state index is 0.123. The Bertz CT molecular complexity index is 850. The van der Waals surface area contributed by atoms with Crippen LogP contribution in [0.25, 0.3) is 11.4 Å². The van der Waals surface area contributed by atoms with Gasteiger partial charge in [0.05, 0.1) is 0 Å². The Morgan fingerprint density at radius 3 is 2.89 bits per heavy atom. The summed E-state index contributed by atoms with van der Waals surface area (Å²) in [5, 5.41) is 3.21. The quantitative estimate of drug-likeness (QED) is 0.884. The van der Waals surface area contributed by atoms with Crippen molar-refractivity contribution in [1.29, 1.82) is 0 Å². The van der Waals surface area contributed by atoms with Gasteiger partial charge in [0.2, 0.25) is 0 Å². The minimum absolute atomic E-state index is 0.123. The second-order valence-electron chi connectivity index (χ2n) is 8.19. The Balaban J connectivity index is 1.54. The Hall–Kier alpha value is -2.47. The molecule has 0 saturated carbocycles. The number of aromatic nitrogens is 2. The van der Waals surface area contributed by atoms with E-state index in [0.29, 0.717) is 5.82 Å². The first-order valence-electron chi connectivity index (χ1n) is 10.2. The van der Waals surface area contributed by atoms with Crippen LogP contribution in [0.3, 0.4) is 0 Å². The molecule has 2 fully saturated rings. The summed E-state index contributed by atoms with van der Waals surface area (Å²) in [6.07, 6.45) is 5.26. The highest BCUT2D eigenvalue weighted by Gasteiger charge is 2.41. The monoisotopic (exact) mass is 379 g/mol. The number of anilines is 1. The van der Waals surface area contributed by atoms with E-state index in [-0.39, 0.29) is 11.3 Å². The Labute approximate surface area is 167 Å². The molecule has 28 heavy (non-hydrogen) atoms. The number of nitrogens with one attached hydrogen (secondary N) is 1. The highest BCUT2D eigenvalue weighted by Crippen LogP contribution is 2.38. The molecule has 1 amide bonds. The molecular weight excluding hydrogens is 350 g/mol.